The second kappa shape index (κ2) is 5.61. The summed E-state index contributed by atoms with van der Waals surface area (Å²) in [6, 6.07) is 0.823. The third kappa shape index (κ3) is 2.68. The highest BCUT2D eigenvalue weighted by molar-refractivity contribution is 4.91. The van der Waals surface area contributed by atoms with Gasteiger partial charge in [0.1, 0.15) is 0 Å². The van der Waals surface area contributed by atoms with Crippen molar-refractivity contribution in [2.45, 2.75) is 39.7 Å². The SMILES string of the molecule is CC.CCN1CC2CCCNC2C1. The molecule has 78 valence electrons. The van der Waals surface area contributed by atoms with E-state index in [4.69, 9.17) is 0 Å². The van der Waals surface area contributed by atoms with E-state index in [9.17, 15) is 0 Å². The Kier molecular flexibility index (Phi) is 4.74. The van der Waals surface area contributed by atoms with Crippen LogP contribution in [-0.4, -0.2) is 37.1 Å². The molecule has 2 saturated heterocycles. The highest BCUT2D eigenvalue weighted by atomic mass is 15.2. The first kappa shape index (κ1) is 11.0. The van der Waals surface area contributed by atoms with E-state index in [1.807, 2.05) is 13.8 Å². The molecule has 2 atom stereocenters. The molecule has 2 unspecified atom stereocenters. The Balaban J connectivity index is 0.000000396. The van der Waals surface area contributed by atoms with Crippen molar-refractivity contribution >= 4 is 0 Å². The van der Waals surface area contributed by atoms with Crippen molar-refractivity contribution in [1.29, 1.82) is 0 Å². The number of piperidine rings is 1. The molecule has 2 fully saturated rings. The second-order valence-corrected chi connectivity index (χ2v) is 3.82. The van der Waals surface area contributed by atoms with Crippen LogP contribution < -0.4 is 5.32 Å². The zero-order valence-corrected chi connectivity index (χ0v) is 9.34. The Morgan fingerprint density at radius 3 is 2.69 bits per heavy atom. The van der Waals surface area contributed by atoms with Crippen LogP contribution in [0.1, 0.15) is 33.6 Å². The van der Waals surface area contributed by atoms with Gasteiger partial charge in [-0.1, -0.05) is 20.8 Å². The van der Waals surface area contributed by atoms with Crippen LogP contribution in [0.5, 0.6) is 0 Å². The topological polar surface area (TPSA) is 15.3 Å². The molecule has 0 aromatic carbocycles. The van der Waals surface area contributed by atoms with Crippen molar-refractivity contribution < 1.29 is 0 Å². The minimum Gasteiger partial charge on any atom is -0.312 e. The first-order valence-electron chi connectivity index (χ1n) is 5.86. The first-order chi connectivity index (χ1) is 6.40. The molecule has 13 heavy (non-hydrogen) atoms. The minimum atomic E-state index is 0.823. The normalized spacial score (nSPS) is 33.5. The van der Waals surface area contributed by atoms with Gasteiger partial charge in [0.2, 0.25) is 0 Å². The summed E-state index contributed by atoms with van der Waals surface area (Å²) in [5, 5.41) is 3.60. The van der Waals surface area contributed by atoms with Gasteiger partial charge < -0.3 is 10.2 Å². The van der Waals surface area contributed by atoms with Gasteiger partial charge in [0.05, 0.1) is 0 Å². The molecule has 0 bridgehead atoms. The van der Waals surface area contributed by atoms with Crippen LogP contribution in [0.4, 0.5) is 0 Å². The van der Waals surface area contributed by atoms with Crippen molar-refractivity contribution in [3.8, 4) is 0 Å². The fourth-order valence-corrected chi connectivity index (χ4v) is 2.39. The van der Waals surface area contributed by atoms with Gasteiger partial charge in [-0.3, -0.25) is 0 Å². The van der Waals surface area contributed by atoms with Gasteiger partial charge in [0.15, 0.2) is 0 Å². The summed E-state index contributed by atoms with van der Waals surface area (Å²) in [5.74, 6) is 0.962. The maximum atomic E-state index is 3.60. The minimum absolute atomic E-state index is 0.823. The molecule has 2 aliphatic rings. The number of rotatable bonds is 1. The van der Waals surface area contributed by atoms with Crippen LogP contribution in [0.15, 0.2) is 0 Å². The van der Waals surface area contributed by atoms with E-state index in [-0.39, 0.29) is 0 Å². The Morgan fingerprint density at radius 2 is 2.08 bits per heavy atom. The maximum Gasteiger partial charge on any atom is 0.0235 e. The predicted molar refractivity (Wildman–Crippen MR) is 58.0 cm³/mol. The molecule has 2 nitrogen and oxygen atoms in total. The van der Waals surface area contributed by atoms with Crippen molar-refractivity contribution in [2.75, 3.05) is 26.2 Å². The Morgan fingerprint density at radius 1 is 1.31 bits per heavy atom. The predicted octanol–water partition coefficient (Wildman–Crippen LogP) is 1.72. The van der Waals surface area contributed by atoms with E-state index in [0.29, 0.717) is 0 Å². The molecular formula is C11H24N2. The monoisotopic (exact) mass is 184 g/mol. The molecule has 0 amide bonds. The lowest BCUT2D eigenvalue weighted by Gasteiger charge is -2.24. The van der Waals surface area contributed by atoms with Crippen molar-refractivity contribution in [3.05, 3.63) is 0 Å². The van der Waals surface area contributed by atoms with Gasteiger partial charge in [0.25, 0.3) is 0 Å². The summed E-state index contributed by atoms with van der Waals surface area (Å²) in [6.07, 6.45) is 2.84. The van der Waals surface area contributed by atoms with Crippen LogP contribution in [0.3, 0.4) is 0 Å². The average molecular weight is 184 g/mol. The van der Waals surface area contributed by atoms with E-state index in [2.05, 4.69) is 17.1 Å². The molecule has 0 spiro atoms. The Hall–Kier alpha value is -0.0800. The van der Waals surface area contributed by atoms with Crippen LogP contribution in [0.25, 0.3) is 0 Å². The van der Waals surface area contributed by atoms with Crippen LogP contribution >= 0.6 is 0 Å². The molecule has 0 aromatic rings. The number of hydrogen-bond acceptors (Lipinski definition) is 2. The number of hydrogen-bond donors (Lipinski definition) is 1. The lowest BCUT2D eigenvalue weighted by molar-refractivity contribution is 0.331. The molecule has 2 aliphatic heterocycles. The molecule has 1 N–H and O–H groups in total. The Bertz CT molecular complexity index is 122. The molecule has 2 heterocycles. The molecular weight excluding hydrogens is 160 g/mol. The number of likely N-dealkylation sites (N-methyl/N-ethyl adjacent to an activating group) is 1. The molecule has 0 aromatic heterocycles. The fraction of sp³-hybridized carbons (Fsp3) is 1.00. The summed E-state index contributed by atoms with van der Waals surface area (Å²) in [5.41, 5.74) is 0. The van der Waals surface area contributed by atoms with Gasteiger partial charge in [0, 0.05) is 19.1 Å². The largest absolute Gasteiger partial charge is 0.312 e. The average Bonchev–Trinajstić information content (AvgIpc) is 2.63. The zero-order valence-electron chi connectivity index (χ0n) is 9.34. The smallest absolute Gasteiger partial charge is 0.0235 e. The standard InChI is InChI=1S/C9H18N2.C2H6/c1-2-11-6-8-4-3-5-10-9(8)7-11;1-2/h8-10H,2-7H2,1H3;1-2H3. The molecule has 2 rings (SSSR count). The van der Waals surface area contributed by atoms with Crippen molar-refractivity contribution in [2.24, 2.45) is 5.92 Å². The van der Waals surface area contributed by atoms with Gasteiger partial charge in [-0.25, -0.2) is 0 Å². The van der Waals surface area contributed by atoms with Crippen LogP contribution in [0, 0.1) is 5.92 Å². The maximum absolute atomic E-state index is 3.60. The number of nitrogens with one attached hydrogen (secondary N) is 1. The van der Waals surface area contributed by atoms with Gasteiger partial charge in [-0.05, 0) is 31.8 Å². The second-order valence-electron chi connectivity index (χ2n) is 3.82. The lowest BCUT2D eigenvalue weighted by atomic mass is 9.94. The highest BCUT2D eigenvalue weighted by Crippen LogP contribution is 2.24. The Labute approximate surface area is 82.7 Å². The number of likely N-dealkylation sites (tertiary alicyclic amines) is 1. The van der Waals surface area contributed by atoms with E-state index < -0.39 is 0 Å². The molecule has 2 heteroatoms. The number of nitrogens with zero attached hydrogens (tertiary/aromatic N) is 1. The van der Waals surface area contributed by atoms with Crippen LogP contribution in [0.2, 0.25) is 0 Å². The first-order valence-corrected chi connectivity index (χ1v) is 5.86. The summed E-state index contributed by atoms with van der Waals surface area (Å²) in [7, 11) is 0. The summed E-state index contributed by atoms with van der Waals surface area (Å²) >= 11 is 0. The highest BCUT2D eigenvalue weighted by Gasteiger charge is 2.32. The lowest BCUT2D eigenvalue weighted by Crippen LogP contribution is -2.40. The summed E-state index contributed by atoms with van der Waals surface area (Å²) in [4.78, 5) is 2.56. The van der Waals surface area contributed by atoms with Gasteiger partial charge in [-0.2, -0.15) is 0 Å². The summed E-state index contributed by atoms with van der Waals surface area (Å²) in [6.45, 7) is 11.4. The van der Waals surface area contributed by atoms with Gasteiger partial charge >= 0.3 is 0 Å². The van der Waals surface area contributed by atoms with Crippen molar-refractivity contribution in [3.63, 3.8) is 0 Å². The fourth-order valence-electron chi connectivity index (χ4n) is 2.39. The third-order valence-corrected chi connectivity index (χ3v) is 3.12. The molecule has 0 saturated carbocycles. The van der Waals surface area contributed by atoms with Crippen LogP contribution in [-0.2, 0) is 0 Å². The quantitative estimate of drug-likeness (QED) is 0.667. The van der Waals surface area contributed by atoms with E-state index in [0.717, 1.165) is 12.0 Å². The zero-order chi connectivity index (χ0) is 9.68. The number of fused-ring (bicyclic) bond motifs is 1. The summed E-state index contributed by atoms with van der Waals surface area (Å²) < 4.78 is 0. The van der Waals surface area contributed by atoms with E-state index in [1.54, 1.807) is 0 Å². The van der Waals surface area contributed by atoms with E-state index >= 15 is 0 Å². The third-order valence-electron chi connectivity index (χ3n) is 3.12. The van der Waals surface area contributed by atoms with Crippen molar-refractivity contribution in [1.82, 2.24) is 10.2 Å². The molecule has 0 aliphatic carbocycles. The van der Waals surface area contributed by atoms with Gasteiger partial charge in [-0.15, -0.1) is 0 Å². The molecule has 0 radical (unpaired) electrons. The van der Waals surface area contributed by atoms with E-state index in [1.165, 1.54) is 39.0 Å².